The van der Waals surface area contributed by atoms with Crippen molar-refractivity contribution in [1.82, 2.24) is 9.88 Å². The number of nitrogens with zero attached hydrogens (tertiary/aromatic N) is 3. The average molecular weight is 360 g/mol. The Morgan fingerprint density at radius 1 is 1.28 bits per heavy atom. The molecule has 132 valence electrons. The number of urea groups is 1. The highest BCUT2D eigenvalue weighted by molar-refractivity contribution is 7.12. The number of thiazole rings is 1. The lowest BCUT2D eigenvalue weighted by Gasteiger charge is -2.21. The van der Waals surface area contributed by atoms with Crippen LogP contribution in [-0.2, 0) is 6.54 Å². The molecule has 1 saturated carbocycles. The summed E-state index contributed by atoms with van der Waals surface area (Å²) in [5.74, 6) is 0. The van der Waals surface area contributed by atoms with Gasteiger partial charge in [0.15, 0.2) is 0 Å². The summed E-state index contributed by atoms with van der Waals surface area (Å²) in [6, 6.07) is 9.32. The second kappa shape index (κ2) is 8.06. The normalized spacial score (nSPS) is 15.9. The second-order valence-corrected chi connectivity index (χ2v) is 7.11. The second-order valence-electron chi connectivity index (χ2n) is 6.12. The zero-order valence-corrected chi connectivity index (χ0v) is 14.6. The third-order valence-electron chi connectivity index (χ3n) is 4.21. The molecular weight excluding hydrogens is 340 g/mol. The van der Waals surface area contributed by atoms with E-state index in [-0.39, 0.29) is 11.0 Å². The van der Waals surface area contributed by atoms with Gasteiger partial charge >= 0.3 is 11.0 Å². The van der Waals surface area contributed by atoms with Crippen molar-refractivity contribution in [3.63, 3.8) is 0 Å². The molecule has 8 heteroatoms. The van der Waals surface area contributed by atoms with Crippen LogP contribution in [0, 0.1) is 10.1 Å². The zero-order chi connectivity index (χ0) is 17.6. The van der Waals surface area contributed by atoms with Crippen LogP contribution >= 0.6 is 11.3 Å². The topological polar surface area (TPSA) is 89.5 Å². The molecule has 2 amide bonds. The lowest BCUT2D eigenvalue weighted by molar-refractivity contribution is -0.380. The van der Waals surface area contributed by atoms with Gasteiger partial charge in [0.25, 0.3) is 0 Å². The van der Waals surface area contributed by atoms with E-state index in [1.165, 1.54) is 12.6 Å². The van der Waals surface area contributed by atoms with Gasteiger partial charge in [0.2, 0.25) is 4.80 Å². The predicted molar refractivity (Wildman–Crippen MR) is 95.5 cm³/mol. The summed E-state index contributed by atoms with van der Waals surface area (Å²) in [4.78, 5) is 27.3. The number of amides is 2. The molecular formula is C17H20N4O3S. The molecule has 7 nitrogen and oxygen atoms in total. The van der Waals surface area contributed by atoms with Crippen molar-refractivity contribution >= 4 is 22.4 Å². The number of rotatable bonds is 4. The van der Waals surface area contributed by atoms with Crippen LogP contribution in [0.2, 0.25) is 0 Å². The monoisotopic (exact) mass is 360 g/mol. The minimum atomic E-state index is -0.454. The third kappa shape index (κ3) is 4.76. The van der Waals surface area contributed by atoms with Gasteiger partial charge in [-0.1, -0.05) is 49.6 Å². The van der Waals surface area contributed by atoms with E-state index < -0.39 is 11.0 Å². The molecule has 1 aromatic heterocycles. The smallest absolute Gasteiger partial charge is 0.333 e. The summed E-state index contributed by atoms with van der Waals surface area (Å²) in [5.41, 5.74) is 0.990. The Kier molecular flexibility index (Phi) is 5.60. The molecule has 0 atom stereocenters. The molecule has 1 aromatic carbocycles. The fraction of sp³-hybridized carbons (Fsp3) is 0.412. The summed E-state index contributed by atoms with van der Waals surface area (Å²) >= 11 is 0.914. The molecule has 0 spiro atoms. The van der Waals surface area contributed by atoms with Gasteiger partial charge in [0.05, 0.1) is 17.7 Å². The first kappa shape index (κ1) is 17.3. The number of benzene rings is 1. The molecule has 1 aliphatic rings. The van der Waals surface area contributed by atoms with Gasteiger partial charge in [-0.3, -0.25) is 10.1 Å². The lowest BCUT2D eigenvalue weighted by Crippen LogP contribution is -2.35. The maximum atomic E-state index is 12.2. The van der Waals surface area contributed by atoms with E-state index in [2.05, 4.69) is 10.3 Å². The van der Waals surface area contributed by atoms with Gasteiger partial charge in [-0.05, 0) is 29.7 Å². The van der Waals surface area contributed by atoms with Crippen molar-refractivity contribution in [2.24, 2.45) is 4.99 Å². The lowest BCUT2D eigenvalue weighted by atomic mass is 9.96. The molecule has 1 heterocycles. The fourth-order valence-corrected chi connectivity index (χ4v) is 3.78. The van der Waals surface area contributed by atoms with E-state index in [9.17, 15) is 14.9 Å². The Balaban J connectivity index is 1.82. The molecule has 1 aliphatic carbocycles. The number of nitro groups is 1. The molecule has 0 radical (unpaired) electrons. The van der Waals surface area contributed by atoms with Crippen LogP contribution in [0.15, 0.2) is 41.5 Å². The van der Waals surface area contributed by atoms with Crippen LogP contribution in [0.1, 0.15) is 37.7 Å². The Morgan fingerprint density at radius 2 is 2.00 bits per heavy atom. The minimum Gasteiger partial charge on any atom is -0.333 e. The number of nitrogens with one attached hydrogen (secondary N) is 1. The maximum absolute atomic E-state index is 12.2. The molecule has 0 unspecified atom stereocenters. The Morgan fingerprint density at radius 3 is 2.68 bits per heavy atom. The van der Waals surface area contributed by atoms with Crippen molar-refractivity contribution < 1.29 is 9.72 Å². The van der Waals surface area contributed by atoms with Crippen molar-refractivity contribution in [3.8, 4) is 0 Å². The Labute approximate surface area is 149 Å². The fourth-order valence-electron chi connectivity index (χ4n) is 2.97. The van der Waals surface area contributed by atoms with Gasteiger partial charge in [-0.25, -0.2) is 4.79 Å². The number of carbonyl (C=O) groups is 1. The van der Waals surface area contributed by atoms with E-state index in [0.29, 0.717) is 11.3 Å². The molecule has 2 aromatic rings. The van der Waals surface area contributed by atoms with Crippen LogP contribution < -0.4 is 10.1 Å². The highest BCUT2D eigenvalue weighted by Crippen LogP contribution is 2.18. The van der Waals surface area contributed by atoms with E-state index >= 15 is 0 Å². The SMILES string of the molecule is O=C(N=c1sc([N+](=O)[O-])cn1Cc1ccccc1)NC1CCCCC1. The molecule has 1 fully saturated rings. The molecule has 1 N–H and O–H groups in total. The van der Waals surface area contributed by atoms with E-state index in [1.54, 1.807) is 4.57 Å². The number of hydrogen-bond acceptors (Lipinski definition) is 4. The summed E-state index contributed by atoms with van der Waals surface area (Å²) < 4.78 is 1.65. The molecule has 0 aliphatic heterocycles. The molecule has 0 saturated heterocycles. The molecule has 0 bridgehead atoms. The zero-order valence-electron chi connectivity index (χ0n) is 13.8. The first-order valence-electron chi connectivity index (χ1n) is 8.35. The van der Waals surface area contributed by atoms with Gasteiger partial charge in [0.1, 0.15) is 0 Å². The minimum absolute atomic E-state index is 0.0276. The Bertz CT molecular complexity index is 807. The maximum Gasteiger partial charge on any atom is 0.343 e. The number of aromatic nitrogens is 1. The van der Waals surface area contributed by atoms with E-state index in [4.69, 9.17) is 0 Å². The van der Waals surface area contributed by atoms with Crippen molar-refractivity contribution in [2.75, 3.05) is 0 Å². The van der Waals surface area contributed by atoms with Gasteiger partial charge < -0.3 is 9.88 Å². The first-order chi connectivity index (χ1) is 12.1. The third-order valence-corrected chi connectivity index (χ3v) is 5.19. The summed E-state index contributed by atoms with van der Waals surface area (Å²) in [6.07, 6.45) is 6.81. The van der Waals surface area contributed by atoms with Crippen LogP contribution in [0.4, 0.5) is 9.80 Å². The van der Waals surface area contributed by atoms with Crippen molar-refractivity contribution in [2.45, 2.75) is 44.7 Å². The standard InChI is InChI=1S/C17H20N4O3S/c22-16(18-14-9-5-2-6-10-14)19-17-20(12-15(25-17)21(23)24)11-13-7-3-1-4-8-13/h1,3-4,7-8,12,14H,2,5-6,9-11H2,(H,18,22). The van der Waals surface area contributed by atoms with E-state index in [1.807, 2.05) is 30.3 Å². The van der Waals surface area contributed by atoms with Gasteiger partial charge in [-0.2, -0.15) is 4.99 Å². The van der Waals surface area contributed by atoms with Crippen LogP contribution in [0.3, 0.4) is 0 Å². The van der Waals surface area contributed by atoms with Crippen LogP contribution in [0.25, 0.3) is 0 Å². The number of carbonyl (C=O) groups excluding carboxylic acids is 1. The van der Waals surface area contributed by atoms with Crippen LogP contribution in [0.5, 0.6) is 0 Å². The van der Waals surface area contributed by atoms with Gasteiger partial charge in [-0.15, -0.1) is 0 Å². The van der Waals surface area contributed by atoms with Crippen molar-refractivity contribution in [1.29, 1.82) is 0 Å². The predicted octanol–water partition coefficient (Wildman–Crippen LogP) is 3.45. The van der Waals surface area contributed by atoms with E-state index in [0.717, 1.165) is 42.6 Å². The summed E-state index contributed by atoms with van der Waals surface area (Å²) in [6.45, 7) is 0.431. The van der Waals surface area contributed by atoms with Gasteiger partial charge in [0, 0.05) is 6.04 Å². The molecule has 25 heavy (non-hydrogen) atoms. The summed E-state index contributed by atoms with van der Waals surface area (Å²) in [5, 5.41) is 14.0. The van der Waals surface area contributed by atoms with Crippen LogP contribution in [-0.4, -0.2) is 21.6 Å². The number of hydrogen-bond donors (Lipinski definition) is 1. The highest BCUT2D eigenvalue weighted by atomic mass is 32.1. The average Bonchev–Trinajstić information content (AvgIpc) is 2.99. The Hall–Kier alpha value is -2.48. The largest absolute Gasteiger partial charge is 0.343 e. The summed E-state index contributed by atoms with van der Waals surface area (Å²) in [7, 11) is 0. The van der Waals surface area contributed by atoms with Crippen molar-refractivity contribution in [3.05, 3.63) is 57.0 Å². The quantitative estimate of drug-likeness (QED) is 0.669. The molecule has 3 rings (SSSR count). The highest BCUT2D eigenvalue weighted by Gasteiger charge is 2.17. The first-order valence-corrected chi connectivity index (χ1v) is 9.17.